The molecule has 4 aromatic carbocycles. The Hall–Kier alpha value is -3.99. The van der Waals surface area contributed by atoms with E-state index in [0.29, 0.717) is 38.4 Å². The molecule has 0 spiro atoms. The quantitative estimate of drug-likeness (QED) is 0.127. The normalized spacial score (nSPS) is 23.7. The number of nitrogens with zero attached hydrogens (tertiary/aromatic N) is 1. The van der Waals surface area contributed by atoms with Gasteiger partial charge in [0.1, 0.15) is 24.1 Å². The molecule has 1 amide bonds. The fraction of sp³-hybridized carbons (Fsp3) is 0.419. The zero-order valence-electron chi connectivity index (χ0n) is 31.3. The Balaban J connectivity index is 1.45. The van der Waals surface area contributed by atoms with E-state index < -0.39 is 38.8 Å². The Morgan fingerprint density at radius 3 is 1.63 bits per heavy atom. The van der Waals surface area contributed by atoms with E-state index in [-0.39, 0.29) is 17.2 Å². The van der Waals surface area contributed by atoms with E-state index in [1.807, 2.05) is 91.0 Å². The lowest BCUT2D eigenvalue weighted by atomic mass is 9.86. The van der Waals surface area contributed by atoms with Crippen molar-refractivity contribution in [1.82, 2.24) is 0 Å². The van der Waals surface area contributed by atoms with Crippen LogP contribution >= 0.6 is 0 Å². The molecule has 8 nitrogen and oxygen atoms in total. The minimum Gasteiger partial charge on any atom is -0.497 e. The number of benzene rings is 4. The third kappa shape index (κ3) is 8.96. The summed E-state index contributed by atoms with van der Waals surface area (Å²) in [6.07, 6.45) is -2.03. The Morgan fingerprint density at radius 2 is 1.15 bits per heavy atom. The number of carbonyl (C=O) groups is 1. The van der Waals surface area contributed by atoms with Crippen LogP contribution in [0.25, 0.3) is 0 Å². The van der Waals surface area contributed by atoms with Crippen molar-refractivity contribution < 1.29 is 32.9 Å². The molecule has 1 saturated carbocycles. The van der Waals surface area contributed by atoms with Crippen molar-refractivity contribution in [3.63, 3.8) is 0 Å². The monoisotopic (exact) mass is 723 g/mol. The maximum atomic E-state index is 14.0. The fourth-order valence-electron chi connectivity index (χ4n) is 6.80. The highest BCUT2D eigenvalue weighted by molar-refractivity contribution is 6.74. The molecule has 2 aliphatic rings. The summed E-state index contributed by atoms with van der Waals surface area (Å²) in [6, 6.07) is 37.6. The molecule has 0 unspecified atom stereocenters. The van der Waals surface area contributed by atoms with Crippen LogP contribution in [0.2, 0.25) is 18.1 Å². The summed E-state index contributed by atoms with van der Waals surface area (Å²) in [5.41, 5.74) is 3.82. The van der Waals surface area contributed by atoms with E-state index in [1.165, 1.54) is 0 Å². The van der Waals surface area contributed by atoms with Gasteiger partial charge in [0.2, 0.25) is 0 Å². The first-order chi connectivity index (χ1) is 25.0. The first-order valence-corrected chi connectivity index (χ1v) is 21.2. The molecule has 1 saturated heterocycles. The lowest BCUT2D eigenvalue weighted by Crippen LogP contribution is -2.60. The number of anilines is 1. The minimum absolute atomic E-state index is 0.0486. The largest absolute Gasteiger partial charge is 0.497 e. The summed E-state index contributed by atoms with van der Waals surface area (Å²) in [5.74, 6) is 0.713. The van der Waals surface area contributed by atoms with Gasteiger partial charge in [-0.15, -0.1) is 0 Å². The maximum Gasteiger partial charge on any atom is 0.415 e. The number of amides is 1. The van der Waals surface area contributed by atoms with Crippen LogP contribution in [0.15, 0.2) is 115 Å². The highest BCUT2D eigenvalue weighted by Gasteiger charge is 2.55. The molecule has 2 fully saturated rings. The Morgan fingerprint density at radius 1 is 0.673 bits per heavy atom. The topological polar surface area (TPSA) is 75.7 Å². The third-order valence-electron chi connectivity index (χ3n) is 10.7. The molecule has 0 N–H and O–H groups in total. The zero-order chi connectivity index (χ0) is 36.7. The predicted octanol–water partition coefficient (Wildman–Crippen LogP) is 9.33. The van der Waals surface area contributed by atoms with E-state index in [4.69, 9.17) is 28.1 Å². The van der Waals surface area contributed by atoms with E-state index >= 15 is 0 Å². The van der Waals surface area contributed by atoms with Gasteiger partial charge in [0.15, 0.2) is 14.4 Å². The molecule has 1 aliphatic heterocycles. The van der Waals surface area contributed by atoms with E-state index in [1.54, 1.807) is 12.0 Å². The summed E-state index contributed by atoms with van der Waals surface area (Å²) in [4.78, 5) is 15.8. The number of hydrogen-bond acceptors (Lipinski definition) is 7. The summed E-state index contributed by atoms with van der Waals surface area (Å²) >= 11 is 0. The number of methoxy groups -OCH3 is 1. The van der Waals surface area contributed by atoms with Crippen molar-refractivity contribution in [3.8, 4) is 5.75 Å². The smallest absolute Gasteiger partial charge is 0.415 e. The van der Waals surface area contributed by atoms with Crippen molar-refractivity contribution >= 4 is 20.1 Å². The van der Waals surface area contributed by atoms with Crippen LogP contribution in [-0.4, -0.2) is 58.1 Å². The molecule has 1 heterocycles. The van der Waals surface area contributed by atoms with Gasteiger partial charge in [-0.2, -0.15) is 0 Å². The molecular weight excluding hydrogens is 671 g/mol. The lowest BCUT2D eigenvalue weighted by molar-refractivity contribution is -0.203. The molecule has 1 aliphatic carbocycles. The fourth-order valence-corrected chi connectivity index (χ4v) is 8.16. The minimum atomic E-state index is -2.33. The van der Waals surface area contributed by atoms with E-state index in [0.717, 1.165) is 22.4 Å². The van der Waals surface area contributed by atoms with Crippen LogP contribution in [0.4, 0.5) is 10.5 Å². The van der Waals surface area contributed by atoms with Gasteiger partial charge in [-0.25, -0.2) is 4.79 Å². The van der Waals surface area contributed by atoms with Crippen molar-refractivity contribution in [3.05, 3.63) is 132 Å². The van der Waals surface area contributed by atoms with Gasteiger partial charge in [-0.3, -0.25) is 4.90 Å². The first-order valence-electron chi connectivity index (χ1n) is 18.3. The molecule has 52 heavy (non-hydrogen) atoms. The Labute approximate surface area is 310 Å². The van der Waals surface area contributed by atoms with Crippen LogP contribution < -0.4 is 9.64 Å². The van der Waals surface area contributed by atoms with Gasteiger partial charge >= 0.3 is 6.09 Å². The van der Waals surface area contributed by atoms with Crippen LogP contribution in [0.5, 0.6) is 5.75 Å². The van der Waals surface area contributed by atoms with Gasteiger partial charge in [0.25, 0.3) is 0 Å². The van der Waals surface area contributed by atoms with Gasteiger partial charge in [-0.1, -0.05) is 112 Å². The van der Waals surface area contributed by atoms with E-state index in [2.05, 4.69) is 58.1 Å². The average Bonchev–Trinajstić information content (AvgIpc) is 3.47. The molecule has 0 bridgehead atoms. The molecule has 4 aromatic rings. The van der Waals surface area contributed by atoms with Crippen LogP contribution in [-0.2, 0) is 43.2 Å². The van der Waals surface area contributed by atoms with Gasteiger partial charge in [-0.05, 0) is 71.9 Å². The highest BCUT2D eigenvalue weighted by atomic mass is 28.4. The van der Waals surface area contributed by atoms with Crippen molar-refractivity contribution in [1.29, 1.82) is 0 Å². The van der Waals surface area contributed by atoms with Crippen LogP contribution in [0.3, 0.4) is 0 Å². The number of fused-ring (bicyclic) bond motifs is 1. The third-order valence-corrected chi connectivity index (χ3v) is 15.2. The number of carbonyl (C=O) groups excluding carboxylic acids is 1. The summed E-state index contributed by atoms with van der Waals surface area (Å²) in [5, 5.41) is -0.0486. The average molecular weight is 724 g/mol. The van der Waals surface area contributed by atoms with Crippen molar-refractivity contribution in [2.75, 3.05) is 12.0 Å². The predicted molar refractivity (Wildman–Crippen MR) is 206 cm³/mol. The molecule has 0 radical (unpaired) electrons. The second-order valence-corrected chi connectivity index (χ2v) is 20.0. The second-order valence-electron chi connectivity index (χ2n) is 15.3. The molecule has 6 atom stereocenters. The lowest BCUT2D eigenvalue weighted by Gasteiger charge is -2.46. The molecule has 276 valence electrons. The van der Waals surface area contributed by atoms with Crippen molar-refractivity contribution in [2.45, 2.75) is 108 Å². The maximum absolute atomic E-state index is 14.0. The molecular formula is C43H53NO7Si. The van der Waals surface area contributed by atoms with Crippen LogP contribution in [0.1, 0.15) is 50.3 Å². The molecule has 0 aromatic heterocycles. The van der Waals surface area contributed by atoms with Gasteiger partial charge < -0.3 is 28.1 Å². The second kappa shape index (κ2) is 16.8. The number of hydrogen-bond donors (Lipinski definition) is 0. The molecule has 6 rings (SSSR count). The van der Waals surface area contributed by atoms with Crippen molar-refractivity contribution in [2.24, 2.45) is 0 Å². The highest BCUT2D eigenvalue weighted by Crippen LogP contribution is 2.43. The SMILES string of the molecule is COc1ccc(N2C(=O)O[C@H]3[C@H](OCc4ccccc4)[C@@H](OCc4ccccc4)[C@H](OCc4ccccc4)[C@@H](O[Si](C)(C)C(C)(C)C)CC[C@H]32)cc1. The van der Waals surface area contributed by atoms with Crippen LogP contribution in [0, 0.1) is 0 Å². The number of rotatable bonds is 13. The first kappa shape index (κ1) is 37.8. The summed E-state index contributed by atoms with van der Waals surface area (Å²) < 4.78 is 40.1. The van der Waals surface area contributed by atoms with Gasteiger partial charge in [0.05, 0.1) is 39.1 Å². The molecule has 9 heteroatoms. The zero-order valence-corrected chi connectivity index (χ0v) is 32.3. The summed E-state index contributed by atoms with van der Waals surface area (Å²) in [6.45, 7) is 12.3. The number of ether oxygens (including phenoxy) is 5. The standard InChI is InChI=1S/C43H53NO7Si/c1-43(2,3)52(5,6)51-37-27-26-36-38(50-42(45)44(36)34-22-24-35(46-4)25-23-34)40(48-29-32-18-12-8-13-19-32)41(49-30-33-20-14-9-15-21-33)39(37)47-28-31-16-10-7-11-17-31/h7-25,36-41H,26-30H2,1-6H3/t36-,37+,38-,39-,40+,41+/m1/s1. The Kier molecular flexibility index (Phi) is 12.2. The van der Waals surface area contributed by atoms with E-state index in [9.17, 15) is 4.79 Å². The van der Waals surface area contributed by atoms with Gasteiger partial charge in [0, 0.05) is 5.69 Å². The summed E-state index contributed by atoms with van der Waals surface area (Å²) in [7, 11) is -0.700. The Bertz CT molecular complexity index is 1700.